The van der Waals surface area contributed by atoms with Crippen molar-refractivity contribution in [3.63, 3.8) is 0 Å². The Morgan fingerprint density at radius 1 is 1.42 bits per heavy atom. The number of rotatable bonds is 5. The van der Waals surface area contributed by atoms with Crippen LogP contribution in [0.1, 0.15) is 0 Å². The van der Waals surface area contributed by atoms with Crippen molar-refractivity contribution in [1.29, 1.82) is 0 Å². The van der Waals surface area contributed by atoms with Crippen molar-refractivity contribution in [1.82, 2.24) is 0 Å². The first-order valence-electron chi connectivity index (χ1n) is 5.09. The minimum absolute atomic E-state index is 0.389. The molecule has 1 amide bonds. The summed E-state index contributed by atoms with van der Waals surface area (Å²) in [6.45, 7) is -2.14. The summed E-state index contributed by atoms with van der Waals surface area (Å²) < 4.78 is 45.2. The number of carbonyl (C=O) groups is 1. The number of methoxy groups -OCH3 is 1. The normalized spacial score (nSPS) is 11.2. The highest BCUT2D eigenvalue weighted by molar-refractivity contribution is 9.10. The molecule has 4 nitrogen and oxygen atoms in total. The maximum absolute atomic E-state index is 11.8. The summed E-state index contributed by atoms with van der Waals surface area (Å²) in [7, 11) is 1.46. The predicted molar refractivity (Wildman–Crippen MR) is 66.2 cm³/mol. The average molecular weight is 342 g/mol. The molecule has 0 aliphatic rings. The fraction of sp³-hybridized carbons (Fsp3) is 0.364. The molecule has 0 atom stereocenters. The van der Waals surface area contributed by atoms with Gasteiger partial charge in [-0.15, -0.1) is 0 Å². The lowest BCUT2D eigenvalue weighted by atomic mass is 10.3. The number of alkyl halides is 3. The third kappa shape index (κ3) is 5.93. The molecule has 0 bridgehead atoms. The molecule has 106 valence electrons. The highest BCUT2D eigenvalue weighted by atomic mass is 79.9. The van der Waals surface area contributed by atoms with E-state index in [2.05, 4.69) is 26.0 Å². The molecule has 0 fully saturated rings. The van der Waals surface area contributed by atoms with Crippen LogP contribution in [0, 0.1) is 0 Å². The molecule has 8 heteroatoms. The third-order valence-corrected chi connectivity index (χ3v) is 2.64. The summed E-state index contributed by atoms with van der Waals surface area (Å²) in [6, 6.07) is 4.84. The Balaban J connectivity index is 2.52. The molecule has 0 heterocycles. The fourth-order valence-electron chi connectivity index (χ4n) is 1.17. The topological polar surface area (TPSA) is 47.6 Å². The van der Waals surface area contributed by atoms with Gasteiger partial charge < -0.3 is 14.8 Å². The summed E-state index contributed by atoms with van der Waals surface area (Å²) in [6.07, 6.45) is -4.45. The first-order chi connectivity index (χ1) is 8.81. The van der Waals surface area contributed by atoms with Gasteiger partial charge in [0.05, 0.1) is 12.8 Å². The molecular formula is C11H11BrF3NO3. The highest BCUT2D eigenvalue weighted by Crippen LogP contribution is 2.27. The van der Waals surface area contributed by atoms with Crippen LogP contribution in [0.3, 0.4) is 0 Å². The lowest BCUT2D eigenvalue weighted by Gasteiger charge is -2.10. The summed E-state index contributed by atoms with van der Waals surface area (Å²) in [4.78, 5) is 11.4. The highest BCUT2D eigenvalue weighted by Gasteiger charge is 2.27. The van der Waals surface area contributed by atoms with Crippen molar-refractivity contribution in [3.8, 4) is 5.75 Å². The number of carbonyl (C=O) groups excluding carboxylic acids is 1. The standard InChI is InChI=1S/C11H11BrF3NO3/c1-18-7-2-3-8(12)9(4-7)16-10(17)5-19-6-11(13,14)15/h2-4H,5-6H2,1H3,(H,16,17). The van der Waals surface area contributed by atoms with E-state index >= 15 is 0 Å². The van der Waals surface area contributed by atoms with E-state index in [1.165, 1.54) is 13.2 Å². The molecule has 0 aromatic heterocycles. The molecule has 0 unspecified atom stereocenters. The van der Waals surface area contributed by atoms with Crippen molar-refractivity contribution in [3.05, 3.63) is 22.7 Å². The minimum atomic E-state index is -4.45. The number of anilines is 1. The minimum Gasteiger partial charge on any atom is -0.497 e. The number of ether oxygens (including phenoxy) is 2. The summed E-state index contributed by atoms with van der Waals surface area (Å²) in [5.74, 6) is -0.173. The lowest BCUT2D eigenvalue weighted by Crippen LogP contribution is -2.24. The Morgan fingerprint density at radius 3 is 2.68 bits per heavy atom. The summed E-state index contributed by atoms with van der Waals surface area (Å²) >= 11 is 3.20. The van der Waals surface area contributed by atoms with Gasteiger partial charge in [0.1, 0.15) is 19.0 Å². The average Bonchev–Trinajstić information content (AvgIpc) is 2.30. The van der Waals surface area contributed by atoms with Gasteiger partial charge in [-0.1, -0.05) is 0 Å². The second kappa shape index (κ2) is 6.76. The number of nitrogens with one attached hydrogen (secondary N) is 1. The Labute approximate surface area is 116 Å². The first kappa shape index (κ1) is 15.8. The van der Waals surface area contributed by atoms with E-state index in [9.17, 15) is 18.0 Å². The largest absolute Gasteiger partial charge is 0.497 e. The number of hydrogen-bond donors (Lipinski definition) is 1. The van der Waals surface area contributed by atoms with Crippen LogP contribution in [-0.2, 0) is 9.53 Å². The molecule has 19 heavy (non-hydrogen) atoms. The van der Waals surface area contributed by atoms with Gasteiger partial charge >= 0.3 is 6.18 Å². The van der Waals surface area contributed by atoms with Gasteiger partial charge in [-0.25, -0.2) is 0 Å². The zero-order valence-electron chi connectivity index (χ0n) is 9.88. The molecular weight excluding hydrogens is 331 g/mol. The molecule has 1 N–H and O–H groups in total. The molecule has 0 saturated heterocycles. The zero-order valence-corrected chi connectivity index (χ0v) is 11.5. The molecule has 1 aromatic carbocycles. The van der Waals surface area contributed by atoms with Crippen molar-refractivity contribution in [2.45, 2.75) is 6.18 Å². The van der Waals surface area contributed by atoms with Crippen molar-refractivity contribution < 1.29 is 27.4 Å². The lowest BCUT2D eigenvalue weighted by molar-refractivity contribution is -0.174. The zero-order chi connectivity index (χ0) is 14.5. The van der Waals surface area contributed by atoms with Gasteiger partial charge in [0, 0.05) is 10.5 Å². The number of halogens is 4. The van der Waals surface area contributed by atoms with E-state index in [0.717, 1.165) is 0 Å². The van der Waals surface area contributed by atoms with Crippen LogP contribution in [0.2, 0.25) is 0 Å². The van der Waals surface area contributed by atoms with Crippen molar-refractivity contribution in [2.75, 3.05) is 25.6 Å². The third-order valence-electron chi connectivity index (χ3n) is 1.95. The monoisotopic (exact) mass is 341 g/mol. The van der Waals surface area contributed by atoms with Crippen LogP contribution in [0.5, 0.6) is 5.75 Å². The first-order valence-corrected chi connectivity index (χ1v) is 5.89. The van der Waals surface area contributed by atoms with E-state index in [1.807, 2.05) is 0 Å². The number of benzene rings is 1. The Bertz CT molecular complexity index is 451. The predicted octanol–water partition coefficient (Wildman–Crippen LogP) is 2.98. The molecule has 0 saturated carbocycles. The van der Waals surface area contributed by atoms with Gasteiger partial charge in [-0.05, 0) is 28.1 Å². The number of amides is 1. The van der Waals surface area contributed by atoms with Gasteiger partial charge in [-0.3, -0.25) is 4.79 Å². The molecule has 0 aliphatic heterocycles. The van der Waals surface area contributed by atoms with Crippen molar-refractivity contribution >= 4 is 27.5 Å². The second-order valence-electron chi connectivity index (χ2n) is 3.50. The van der Waals surface area contributed by atoms with Gasteiger partial charge in [-0.2, -0.15) is 13.2 Å². The van der Waals surface area contributed by atoms with Crippen molar-refractivity contribution in [2.24, 2.45) is 0 Å². The summed E-state index contributed by atoms with van der Waals surface area (Å²) in [5, 5.41) is 2.41. The molecule has 1 rings (SSSR count). The Morgan fingerprint density at radius 2 is 2.11 bits per heavy atom. The van der Waals surface area contributed by atoms with Crippen LogP contribution < -0.4 is 10.1 Å². The van der Waals surface area contributed by atoms with Crippen LogP contribution in [0.15, 0.2) is 22.7 Å². The Kier molecular flexibility index (Phi) is 5.61. The van der Waals surface area contributed by atoms with Gasteiger partial charge in [0.2, 0.25) is 5.91 Å². The smallest absolute Gasteiger partial charge is 0.411 e. The quantitative estimate of drug-likeness (QED) is 0.895. The Hall–Kier alpha value is -1.28. The second-order valence-corrected chi connectivity index (χ2v) is 4.36. The van der Waals surface area contributed by atoms with Gasteiger partial charge in [0.25, 0.3) is 0 Å². The van der Waals surface area contributed by atoms with Crippen LogP contribution in [0.25, 0.3) is 0 Å². The summed E-state index contributed by atoms with van der Waals surface area (Å²) in [5.41, 5.74) is 0.389. The van der Waals surface area contributed by atoms with E-state index in [4.69, 9.17) is 4.74 Å². The molecule has 0 radical (unpaired) electrons. The maximum atomic E-state index is 11.8. The van der Waals surface area contributed by atoms with E-state index < -0.39 is 25.3 Å². The molecule has 0 spiro atoms. The van der Waals surface area contributed by atoms with E-state index in [-0.39, 0.29) is 0 Å². The number of hydrogen-bond acceptors (Lipinski definition) is 3. The van der Waals surface area contributed by atoms with Crippen LogP contribution in [0.4, 0.5) is 18.9 Å². The van der Waals surface area contributed by atoms with Crippen LogP contribution in [-0.4, -0.2) is 32.4 Å². The van der Waals surface area contributed by atoms with E-state index in [0.29, 0.717) is 15.9 Å². The molecule has 1 aromatic rings. The molecule has 0 aliphatic carbocycles. The fourth-order valence-corrected chi connectivity index (χ4v) is 1.52. The van der Waals surface area contributed by atoms with Gasteiger partial charge in [0.15, 0.2) is 0 Å². The maximum Gasteiger partial charge on any atom is 0.411 e. The van der Waals surface area contributed by atoms with E-state index in [1.54, 1.807) is 12.1 Å². The SMILES string of the molecule is COc1ccc(Br)c(NC(=O)COCC(F)(F)F)c1. The van der Waals surface area contributed by atoms with Crippen LogP contribution >= 0.6 is 15.9 Å².